The first-order valence-electron chi connectivity index (χ1n) is 8.75. The number of anilines is 1. The van der Waals surface area contributed by atoms with Crippen LogP contribution in [0, 0.1) is 0 Å². The van der Waals surface area contributed by atoms with Gasteiger partial charge in [0.1, 0.15) is 23.7 Å². The molecule has 10 nitrogen and oxygen atoms in total. The van der Waals surface area contributed by atoms with E-state index < -0.39 is 11.4 Å². The first kappa shape index (κ1) is 19.7. The number of pyridine rings is 1. The number of rotatable bonds is 6. The van der Waals surface area contributed by atoms with Gasteiger partial charge < -0.3 is 13.5 Å². The molecule has 1 aromatic carbocycles. The third-order valence-corrected chi connectivity index (χ3v) is 4.78. The van der Waals surface area contributed by atoms with Crippen LogP contribution in [0.25, 0.3) is 0 Å². The fourth-order valence-corrected chi connectivity index (χ4v) is 3.24. The Balaban J connectivity index is 1.45. The van der Waals surface area contributed by atoms with Crippen molar-refractivity contribution in [3.8, 4) is 11.5 Å². The standard InChI is InChI=1S/C19H16N4O6S/c1-22-18(24)7-6-17(21-22)23-10-12-8-14(4-5-16(12)19(23)25)28-11-13-2-3-15(9-20-13)29-30(26)27/h2-9H,10-11H2,1H3,(H,26,27)/p-1. The van der Waals surface area contributed by atoms with Crippen molar-refractivity contribution in [1.82, 2.24) is 14.8 Å². The van der Waals surface area contributed by atoms with Crippen LogP contribution < -0.4 is 19.4 Å². The van der Waals surface area contributed by atoms with E-state index in [9.17, 15) is 18.4 Å². The highest BCUT2D eigenvalue weighted by Gasteiger charge is 2.30. The summed E-state index contributed by atoms with van der Waals surface area (Å²) in [5.74, 6) is 0.858. The molecule has 0 bridgehead atoms. The number of aromatic nitrogens is 3. The number of carbonyl (C=O) groups is 1. The highest BCUT2D eigenvalue weighted by atomic mass is 32.2. The molecule has 0 spiro atoms. The summed E-state index contributed by atoms with van der Waals surface area (Å²) in [6.45, 7) is 0.465. The average Bonchev–Trinajstić information content (AvgIpc) is 3.05. The van der Waals surface area contributed by atoms with Crippen LogP contribution in [0.3, 0.4) is 0 Å². The van der Waals surface area contributed by atoms with E-state index in [1.807, 2.05) is 0 Å². The summed E-state index contributed by atoms with van der Waals surface area (Å²) < 4.78 is 32.4. The molecule has 1 aliphatic heterocycles. The lowest BCUT2D eigenvalue weighted by Gasteiger charge is -2.14. The second-order valence-electron chi connectivity index (χ2n) is 6.42. The van der Waals surface area contributed by atoms with Crippen LogP contribution in [-0.4, -0.2) is 29.4 Å². The SMILES string of the molecule is Cn1nc(N2Cc3cc(OCc4ccc(OS(=O)[O-])cn4)ccc3C2=O)ccc1=O. The molecule has 1 atom stereocenters. The monoisotopic (exact) mass is 427 g/mol. The van der Waals surface area contributed by atoms with Crippen molar-refractivity contribution in [3.63, 3.8) is 0 Å². The third-order valence-electron chi connectivity index (χ3n) is 4.45. The summed E-state index contributed by atoms with van der Waals surface area (Å²) in [5, 5.41) is 4.13. The molecule has 154 valence electrons. The van der Waals surface area contributed by atoms with Crippen LogP contribution in [0.2, 0.25) is 0 Å². The van der Waals surface area contributed by atoms with Crippen LogP contribution in [0.4, 0.5) is 5.82 Å². The van der Waals surface area contributed by atoms with Gasteiger partial charge in [0.2, 0.25) is 0 Å². The number of carbonyl (C=O) groups excluding carboxylic acids is 1. The van der Waals surface area contributed by atoms with Crippen molar-refractivity contribution in [2.45, 2.75) is 13.2 Å². The van der Waals surface area contributed by atoms with E-state index in [-0.39, 0.29) is 23.8 Å². The predicted molar refractivity (Wildman–Crippen MR) is 105 cm³/mol. The zero-order valence-electron chi connectivity index (χ0n) is 15.7. The zero-order valence-corrected chi connectivity index (χ0v) is 16.5. The largest absolute Gasteiger partial charge is 0.740 e. The van der Waals surface area contributed by atoms with Gasteiger partial charge in [0.15, 0.2) is 11.6 Å². The molecule has 1 aliphatic rings. The van der Waals surface area contributed by atoms with Gasteiger partial charge in [-0.3, -0.25) is 19.5 Å². The zero-order chi connectivity index (χ0) is 21.3. The maximum Gasteiger partial charge on any atom is 0.266 e. The van der Waals surface area contributed by atoms with Gasteiger partial charge in [-0.05, 0) is 42.0 Å². The number of aryl methyl sites for hydroxylation is 1. The van der Waals surface area contributed by atoms with Gasteiger partial charge in [-0.2, -0.15) is 5.10 Å². The lowest BCUT2D eigenvalue weighted by Crippen LogP contribution is -2.28. The lowest BCUT2D eigenvalue weighted by molar-refractivity contribution is 0.0995. The summed E-state index contributed by atoms with van der Waals surface area (Å²) >= 11 is -2.65. The Morgan fingerprint density at radius 2 is 1.93 bits per heavy atom. The molecule has 0 N–H and O–H groups in total. The van der Waals surface area contributed by atoms with Crippen molar-refractivity contribution in [2.75, 3.05) is 4.90 Å². The van der Waals surface area contributed by atoms with Crippen molar-refractivity contribution in [3.05, 3.63) is 75.8 Å². The summed E-state index contributed by atoms with van der Waals surface area (Å²) in [5.41, 5.74) is 1.64. The molecule has 0 fully saturated rings. The maximum absolute atomic E-state index is 12.7. The molecular weight excluding hydrogens is 412 g/mol. The molecule has 1 amide bonds. The first-order chi connectivity index (χ1) is 14.4. The summed E-state index contributed by atoms with van der Waals surface area (Å²) in [4.78, 5) is 29.8. The minimum absolute atomic E-state index is 0.107. The number of nitrogens with zero attached hydrogens (tertiary/aromatic N) is 4. The molecule has 0 saturated carbocycles. The smallest absolute Gasteiger partial charge is 0.266 e. The average molecular weight is 427 g/mol. The Bertz CT molecular complexity index is 1190. The number of benzene rings is 1. The van der Waals surface area contributed by atoms with Gasteiger partial charge >= 0.3 is 0 Å². The van der Waals surface area contributed by atoms with E-state index in [0.717, 1.165) is 5.56 Å². The van der Waals surface area contributed by atoms with Gasteiger partial charge in [0.25, 0.3) is 11.5 Å². The Labute approximate surface area is 173 Å². The van der Waals surface area contributed by atoms with Crippen molar-refractivity contribution in [2.24, 2.45) is 7.05 Å². The molecule has 4 rings (SSSR count). The Hall–Kier alpha value is -3.57. The second kappa shape index (κ2) is 8.05. The Morgan fingerprint density at radius 1 is 1.13 bits per heavy atom. The van der Waals surface area contributed by atoms with Crippen LogP contribution >= 0.6 is 0 Å². The Kier molecular flexibility index (Phi) is 5.29. The molecule has 3 aromatic rings. The second-order valence-corrected chi connectivity index (χ2v) is 7.00. The van der Waals surface area contributed by atoms with E-state index >= 15 is 0 Å². The Morgan fingerprint density at radius 3 is 2.63 bits per heavy atom. The van der Waals surface area contributed by atoms with Gasteiger partial charge in [-0.15, -0.1) is 0 Å². The van der Waals surface area contributed by atoms with E-state index in [1.54, 1.807) is 24.3 Å². The summed E-state index contributed by atoms with van der Waals surface area (Å²) in [6.07, 6.45) is 1.29. The van der Waals surface area contributed by atoms with Crippen molar-refractivity contribution in [1.29, 1.82) is 0 Å². The number of hydrogen-bond donors (Lipinski definition) is 0. The summed E-state index contributed by atoms with van der Waals surface area (Å²) in [6, 6.07) is 11.1. The minimum Gasteiger partial charge on any atom is -0.740 e. The van der Waals surface area contributed by atoms with Gasteiger partial charge in [0, 0.05) is 18.7 Å². The van der Waals surface area contributed by atoms with Gasteiger partial charge in [-0.25, -0.2) is 8.89 Å². The lowest BCUT2D eigenvalue weighted by atomic mass is 10.1. The first-order valence-corrected chi connectivity index (χ1v) is 9.75. The fraction of sp³-hybridized carbons (Fsp3) is 0.158. The molecule has 3 heterocycles. The fourth-order valence-electron chi connectivity index (χ4n) is 2.99. The number of ether oxygens (including phenoxy) is 1. The molecule has 2 aromatic heterocycles. The normalized spacial score (nSPS) is 13.8. The molecule has 11 heteroatoms. The predicted octanol–water partition coefficient (Wildman–Crippen LogP) is 1.09. The molecule has 0 saturated heterocycles. The number of hydrogen-bond acceptors (Lipinski definition) is 8. The van der Waals surface area contributed by atoms with Crippen LogP contribution in [-0.2, 0) is 31.6 Å². The van der Waals surface area contributed by atoms with E-state index in [0.29, 0.717) is 29.4 Å². The van der Waals surface area contributed by atoms with Crippen LogP contribution in [0.5, 0.6) is 11.5 Å². The highest BCUT2D eigenvalue weighted by Crippen LogP contribution is 2.29. The minimum atomic E-state index is -2.65. The van der Waals surface area contributed by atoms with Crippen LogP contribution in [0.15, 0.2) is 53.5 Å². The van der Waals surface area contributed by atoms with E-state index in [4.69, 9.17) is 4.74 Å². The molecule has 30 heavy (non-hydrogen) atoms. The topological polar surface area (TPSA) is 127 Å². The quantitative estimate of drug-likeness (QED) is 0.535. The van der Waals surface area contributed by atoms with Gasteiger partial charge in [-0.1, -0.05) is 0 Å². The van der Waals surface area contributed by atoms with E-state index in [1.165, 1.54) is 41.0 Å². The molecule has 1 unspecified atom stereocenters. The summed E-state index contributed by atoms with van der Waals surface area (Å²) in [7, 11) is 1.53. The van der Waals surface area contributed by atoms with Crippen molar-refractivity contribution >= 4 is 23.1 Å². The molecule has 0 radical (unpaired) electrons. The van der Waals surface area contributed by atoms with E-state index in [2.05, 4.69) is 14.3 Å². The molecule has 0 aliphatic carbocycles. The third kappa shape index (κ3) is 4.07. The number of fused-ring (bicyclic) bond motifs is 1. The highest BCUT2D eigenvalue weighted by molar-refractivity contribution is 7.74. The van der Waals surface area contributed by atoms with Crippen molar-refractivity contribution < 1.29 is 22.5 Å². The maximum atomic E-state index is 12.7. The van der Waals surface area contributed by atoms with Crippen LogP contribution in [0.1, 0.15) is 21.6 Å². The number of amides is 1. The van der Waals surface area contributed by atoms with Gasteiger partial charge in [0.05, 0.1) is 18.4 Å². The molecular formula is C19H15N4O6S-.